The molecule has 0 aliphatic rings. The molecule has 8 heteroatoms. The number of aliphatic hydroxyl groups is 1. The molecule has 0 saturated carbocycles. The van der Waals surface area contributed by atoms with Gasteiger partial charge in [0.25, 0.3) is 5.91 Å². The van der Waals surface area contributed by atoms with E-state index < -0.39 is 15.9 Å². The molecule has 0 bridgehead atoms. The van der Waals surface area contributed by atoms with Crippen molar-refractivity contribution in [3.05, 3.63) is 28.7 Å². The van der Waals surface area contributed by atoms with Gasteiger partial charge >= 0.3 is 0 Å². The van der Waals surface area contributed by atoms with Crippen LogP contribution in [0.15, 0.2) is 28.7 Å². The van der Waals surface area contributed by atoms with Gasteiger partial charge in [-0.1, -0.05) is 56.8 Å². The predicted octanol–water partition coefficient (Wildman–Crippen LogP) is 2.63. The molecule has 0 unspecified atom stereocenters. The molecule has 1 aromatic carbocycles. The highest BCUT2D eigenvalue weighted by atomic mass is 79.9. The van der Waals surface area contributed by atoms with Crippen molar-refractivity contribution in [2.75, 3.05) is 6.61 Å². The average Bonchev–Trinajstić information content (AvgIpc) is 2.25. The van der Waals surface area contributed by atoms with E-state index in [-0.39, 0.29) is 6.61 Å². The Morgan fingerprint density at radius 2 is 2.17 bits per heavy atom. The van der Waals surface area contributed by atoms with Crippen LogP contribution in [0, 0.1) is 0 Å². The molecule has 0 radical (unpaired) electrons. The molecule has 1 atom stereocenters. The minimum Gasteiger partial charge on any atom is -0.484 e. The second-order valence-electron chi connectivity index (χ2n) is 3.26. The van der Waals surface area contributed by atoms with Crippen molar-refractivity contribution in [3.63, 3.8) is 0 Å². The summed E-state index contributed by atoms with van der Waals surface area (Å²) in [7, 11) is 0. The van der Waals surface area contributed by atoms with Crippen LogP contribution in [0.2, 0.25) is 0 Å². The quantitative estimate of drug-likeness (QED) is 0.627. The molecule has 4 nitrogen and oxygen atoms in total. The standard InChI is InChI=1S/C10H9BrCl3NO3/c11-6-2-1-3-7(4-6)18-5-8(16)15-9(17)10(12,13)14/h1-4,9,17H,5H2,(H,15,16)/t9-/m1/s1. The van der Waals surface area contributed by atoms with E-state index in [1.807, 2.05) is 6.07 Å². The third kappa shape index (κ3) is 5.63. The third-order valence-corrected chi connectivity index (χ3v) is 2.89. The zero-order chi connectivity index (χ0) is 13.8. The van der Waals surface area contributed by atoms with Crippen LogP contribution in [0.5, 0.6) is 5.75 Å². The molecule has 0 aromatic heterocycles. The maximum absolute atomic E-state index is 11.4. The van der Waals surface area contributed by atoms with Crippen molar-refractivity contribution in [1.82, 2.24) is 5.32 Å². The van der Waals surface area contributed by atoms with Gasteiger partial charge in [-0.2, -0.15) is 0 Å². The first-order valence-corrected chi connectivity index (χ1v) is 6.64. The molecular weight excluding hydrogens is 368 g/mol. The van der Waals surface area contributed by atoms with E-state index in [0.717, 1.165) is 4.47 Å². The number of aliphatic hydroxyl groups excluding tert-OH is 1. The van der Waals surface area contributed by atoms with Gasteiger partial charge in [0, 0.05) is 4.47 Å². The van der Waals surface area contributed by atoms with E-state index in [0.29, 0.717) is 5.75 Å². The number of hydrogen-bond acceptors (Lipinski definition) is 3. The maximum atomic E-state index is 11.4. The molecule has 1 rings (SSSR count). The summed E-state index contributed by atoms with van der Waals surface area (Å²) in [5.41, 5.74) is 0. The Labute approximate surface area is 127 Å². The van der Waals surface area contributed by atoms with E-state index in [2.05, 4.69) is 21.2 Å². The highest BCUT2D eigenvalue weighted by molar-refractivity contribution is 9.10. The van der Waals surface area contributed by atoms with Crippen molar-refractivity contribution in [1.29, 1.82) is 0 Å². The molecule has 1 aromatic rings. The van der Waals surface area contributed by atoms with Gasteiger partial charge in [0.2, 0.25) is 3.79 Å². The van der Waals surface area contributed by atoms with Crippen molar-refractivity contribution in [3.8, 4) is 5.75 Å². The molecule has 0 heterocycles. The first-order chi connectivity index (χ1) is 8.29. The van der Waals surface area contributed by atoms with Crippen LogP contribution < -0.4 is 10.1 Å². The summed E-state index contributed by atoms with van der Waals surface area (Å²) in [6.45, 7) is -0.297. The lowest BCUT2D eigenvalue weighted by Crippen LogP contribution is -2.45. The summed E-state index contributed by atoms with van der Waals surface area (Å²) in [6.07, 6.45) is -1.60. The number of benzene rings is 1. The fourth-order valence-electron chi connectivity index (χ4n) is 0.982. The number of nitrogens with one attached hydrogen (secondary N) is 1. The van der Waals surface area contributed by atoms with Crippen LogP contribution in [-0.4, -0.2) is 27.6 Å². The first-order valence-electron chi connectivity index (χ1n) is 4.71. The second kappa shape index (κ2) is 6.82. The largest absolute Gasteiger partial charge is 0.484 e. The molecule has 0 aliphatic carbocycles. The minimum atomic E-state index is -1.98. The highest BCUT2D eigenvalue weighted by Crippen LogP contribution is 2.28. The summed E-state index contributed by atoms with van der Waals surface area (Å²) < 4.78 is 4.02. The molecule has 0 aliphatic heterocycles. The Kier molecular flexibility index (Phi) is 6.01. The van der Waals surface area contributed by atoms with Crippen LogP contribution in [0.4, 0.5) is 0 Å². The van der Waals surface area contributed by atoms with E-state index in [1.54, 1.807) is 18.2 Å². The van der Waals surface area contributed by atoms with Gasteiger partial charge in [-0.15, -0.1) is 0 Å². The molecule has 100 valence electrons. The van der Waals surface area contributed by atoms with E-state index in [4.69, 9.17) is 39.5 Å². The van der Waals surface area contributed by atoms with Gasteiger partial charge in [0.15, 0.2) is 12.8 Å². The molecule has 0 saturated heterocycles. The fraction of sp³-hybridized carbons (Fsp3) is 0.300. The Hall–Kier alpha value is -0.200. The Balaban J connectivity index is 2.42. The lowest BCUT2D eigenvalue weighted by molar-refractivity contribution is -0.126. The van der Waals surface area contributed by atoms with Crippen molar-refractivity contribution in [2.24, 2.45) is 0 Å². The Morgan fingerprint density at radius 1 is 1.50 bits per heavy atom. The van der Waals surface area contributed by atoms with E-state index in [9.17, 15) is 9.90 Å². The minimum absolute atomic E-state index is 0.297. The van der Waals surface area contributed by atoms with Gasteiger partial charge in [-0.05, 0) is 18.2 Å². The van der Waals surface area contributed by atoms with Crippen LogP contribution in [-0.2, 0) is 4.79 Å². The molecule has 0 spiro atoms. The van der Waals surface area contributed by atoms with Crippen molar-refractivity contribution >= 4 is 56.6 Å². The number of halogens is 4. The number of alkyl halides is 3. The van der Waals surface area contributed by atoms with Gasteiger partial charge < -0.3 is 15.2 Å². The fourth-order valence-corrected chi connectivity index (χ4v) is 1.52. The van der Waals surface area contributed by atoms with E-state index in [1.165, 1.54) is 0 Å². The molecule has 0 fully saturated rings. The summed E-state index contributed by atoms with van der Waals surface area (Å²) in [5, 5.41) is 11.4. The average molecular weight is 377 g/mol. The second-order valence-corrected chi connectivity index (χ2v) is 6.54. The SMILES string of the molecule is O=C(COc1cccc(Br)c1)N[C@H](O)C(Cl)(Cl)Cl. The summed E-state index contributed by atoms with van der Waals surface area (Å²) >= 11 is 19.4. The normalized spacial score (nSPS) is 12.9. The lowest BCUT2D eigenvalue weighted by Gasteiger charge is -2.19. The van der Waals surface area contributed by atoms with Gasteiger partial charge in [0.05, 0.1) is 0 Å². The van der Waals surface area contributed by atoms with Crippen molar-refractivity contribution in [2.45, 2.75) is 10.0 Å². The van der Waals surface area contributed by atoms with Crippen molar-refractivity contribution < 1.29 is 14.6 Å². The Morgan fingerprint density at radius 3 is 2.72 bits per heavy atom. The number of carbonyl (C=O) groups is 1. The number of carbonyl (C=O) groups excluding carboxylic acids is 1. The van der Waals surface area contributed by atoms with Gasteiger partial charge in [0.1, 0.15) is 5.75 Å². The number of ether oxygens (including phenoxy) is 1. The number of amides is 1. The molecule has 1 amide bonds. The topological polar surface area (TPSA) is 58.6 Å². The zero-order valence-corrected chi connectivity index (χ0v) is 12.7. The highest BCUT2D eigenvalue weighted by Gasteiger charge is 2.32. The van der Waals surface area contributed by atoms with Gasteiger partial charge in [-0.25, -0.2) is 0 Å². The van der Waals surface area contributed by atoms with Crippen LogP contribution >= 0.6 is 50.7 Å². The van der Waals surface area contributed by atoms with Crippen LogP contribution in [0.25, 0.3) is 0 Å². The summed E-state index contributed by atoms with van der Waals surface area (Å²) in [6, 6.07) is 6.95. The third-order valence-electron chi connectivity index (χ3n) is 1.77. The molecular formula is C10H9BrCl3NO3. The number of rotatable bonds is 4. The monoisotopic (exact) mass is 375 g/mol. The van der Waals surface area contributed by atoms with Crippen LogP contribution in [0.3, 0.4) is 0 Å². The maximum Gasteiger partial charge on any atom is 0.260 e. The summed E-state index contributed by atoms with van der Waals surface area (Å²) in [5.74, 6) is -0.100. The zero-order valence-electron chi connectivity index (χ0n) is 8.87. The summed E-state index contributed by atoms with van der Waals surface area (Å²) in [4.78, 5) is 11.4. The first kappa shape index (κ1) is 15.9. The van der Waals surface area contributed by atoms with Gasteiger partial charge in [-0.3, -0.25) is 4.79 Å². The predicted molar refractivity (Wildman–Crippen MR) is 74.1 cm³/mol. The molecule has 2 N–H and O–H groups in total. The molecule has 18 heavy (non-hydrogen) atoms. The lowest BCUT2D eigenvalue weighted by atomic mass is 10.3. The smallest absolute Gasteiger partial charge is 0.260 e. The van der Waals surface area contributed by atoms with Crippen LogP contribution in [0.1, 0.15) is 0 Å². The number of hydrogen-bond donors (Lipinski definition) is 2. The Bertz CT molecular complexity index is 425. The van der Waals surface area contributed by atoms with E-state index >= 15 is 0 Å².